The number of carbonyl (C=O) groups excluding carboxylic acids is 1. The minimum Gasteiger partial charge on any atom is -0.465 e. The Balaban J connectivity index is 2.27. The number of nitrogens with zero attached hydrogens (tertiary/aromatic N) is 2. The fourth-order valence-corrected chi connectivity index (χ4v) is 2.17. The molecule has 0 aliphatic carbocycles. The molecule has 0 amide bonds. The normalized spacial score (nSPS) is 11.4. The number of methoxy groups -OCH3 is 1. The monoisotopic (exact) mass is 360 g/mol. The highest BCUT2D eigenvalue weighted by Crippen LogP contribution is 2.33. The number of aromatic nitrogens is 1. The number of ether oxygens (including phenoxy) is 2. The summed E-state index contributed by atoms with van der Waals surface area (Å²) in [5.41, 5.74) is 1.75. The van der Waals surface area contributed by atoms with Crippen molar-refractivity contribution in [2.45, 2.75) is 11.8 Å². The summed E-state index contributed by atoms with van der Waals surface area (Å²) in [4.78, 5) is 15.5. The second-order valence-electron chi connectivity index (χ2n) is 4.46. The summed E-state index contributed by atoms with van der Waals surface area (Å²) in [6, 6.07) is 10.4. The average Bonchev–Trinajstić information content (AvgIpc) is 2.55. The maximum Gasteiger partial charge on any atom is 0.339 e. The van der Waals surface area contributed by atoms with Gasteiger partial charge in [-0.3, -0.25) is 0 Å². The first-order chi connectivity index (χ1) is 10.5. The Morgan fingerprint density at radius 3 is 2.68 bits per heavy atom. The van der Waals surface area contributed by atoms with Crippen LogP contribution < -0.4 is 4.74 Å². The number of carbonyl (C=O) groups is 1. The van der Waals surface area contributed by atoms with Crippen LogP contribution in [0, 0.1) is 11.3 Å². The fraction of sp³-hybridized carbons (Fsp3) is 0.188. The van der Waals surface area contributed by atoms with Crippen molar-refractivity contribution in [2.24, 2.45) is 0 Å². The van der Waals surface area contributed by atoms with Crippen LogP contribution in [-0.2, 0) is 4.74 Å². The van der Waals surface area contributed by atoms with Gasteiger partial charge in [0.1, 0.15) is 5.75 Å². The lowest BCUT2D eigenvalue weighted by Gasteiger charge is -2.12. The molecule has 0 saturated carbocycles. The first kappa shape index (κ1) is 16.0. The van der Waals surface area contributed by atoms with Crippen molar-refractivity contribution in [3.8, 4) is 17.7 Å². The molecule has 0 aliphatic heterocycles. The largest absolute Gasteiger partial charge is 0.465 e. The minimum atomic E-state index is -0.452. The van der Waals surface area contributed by atoms with Gasteiger partial charge in [0.2, 0.25) is 5.88 Å². The minimum absolute atomic E-state index is 0.0187. The second kappa shape index (κ2) is 7.05. The van der Waals surface area contributed by atoms with Crippen LogP contribution in [0.15, 0.2) is 36.5 Å². The maximum absolute atomic E-state index is 11.4. The van der Waals surface area contributed by atoms with Gasteiger partial charge in [0.05, 0.1) is 24.3 Å². The van der Waals surface area contributed by atoms with Crippen molar-refractivity contribution >= 4 is 21.9 Å². The molecule has 6 heteroatoms. The van der Waals surface area contributed by atoms with E-state index in [0.29, 0.717) is 22.8 Å². The van der Waals surface area contributed by atoms with Crippen LogP contribution in [-0.4, -0.2) is 18.1 Å². The molecule has 2 aromatic rings. The molecule has 1 aromatic carbocycles. The SMILES string of the molecule is COC(=O)c1ccc(Oc2ccc(C#N)cc2C(C)Br)nc1. The summed E-state index contributed by atoms with van der Waals surface area (Å²) in [5.74, 6) is 0.501. The number of halogens is 1. The first-order valence-electron chi connectivity index (χ1n) is 6.45. The number of nitriles is 1. The van der Waals surface area contributed by atoms with Crippen LogP contribution in [0.4, 0.5) is 0 Å². The molecule has 0 fully saturated rings. The Morgan fingerprint density at radius 2 is 2.14 bits per heavy atom. The van der Waals surface area contributed by atoms with Crippen LogP contribution in [0.1, 0.15) is 33.2 Å². The summed E-state index contributed by atoms with van der Waals surface area (Å²) in [7, 11) is 1.31. The van der Waals surface area contributed by atoms with Crippen LogP contribution in [0.2, 0.25) is 0 Å². The van der Waals surface area contributed by atoms with E-state index in [4.69, 9.17) is 10.00 Å². The Morgan fingerprint density at radius 1 is 1.36 bits per heavy atom. The number of alkyl halides is 1. The van der Waals surface area contributed by atoms with E-state index in [-0.39, 0.29) is 4.83 Å². The third kappa shape index (κ3) is 3.62. The molecule has 22 heavy (non-hydrogen) atoms. The number of esters is 1. The maximum atomic E-state index is 11.4. The van der Waals surface area contributed by atoms with Gasteiger partial charge in [0.25, 0.3) is 0 Å². The molecule has 0 bridgehead atoms. The van der Waals surface area contributed by atoms with Crippen LogP contribution in [0.5, 0.6) is 11.6 Å². The molecule has 5 nitrogen and oxygen atoms in total. The molecule has 112 valence electrons. The van der Waals surface area contributed by atoms with Gasteiger partial charge in [-0.1, -0.05) is 15.9 Å². The number of hydrogen-bond acceptors (Lipinski definition) is 5. The highest BCUT2D eigenvalue weighted by atomic mass is 79.9. The lowest BCUT2D eigenvalue weighted by Crippen LogP contribution is -2.02. The molecular formula is C16H13BrN2O3. The van der Waals surface area contributed by atoms with E-state index in [1.54, 1.807) is 30.3 Å². The summed E-state index contributed by atoms with van der Waals surface area (Å²) in [6.45, 7) is 1.94. The van der Waals surface area contributed by atoms with E-state index in [9.17, 15) is 4.79 Å². The Hall–Kier alpha value is -2.39. The lowest BCUT2D eigenvalue weighted by atomic mass is 10.1. The summed E-state index contributed by atoms with van der Waals surface area (Å²) >= 11 is 3.48. The van der Waals surface area contributed by atoms with Crippen LogP contribution >= 0.6 is 15.9 Å². The molecule has 2 rings (SSSR count). The predicted molar refractivity (Wildman–Crippen MR) is 84.1 cm³/mol. The van der Waals surface area contributed by atoms with Gasteiger partial charge < -0.3 is 9.47 Å². The molecule has 1 unspecified atom stereocenters. The Kier molecular flexibility index (Phi) is 5.12. The van der Waals surface area contributed by atoms with E-state index in [0.717, 1.165) is 5.56 Å². The molecular weight excluding hydrogens is 348 g/mol. The van der Waals surface area contributed by atoms with E-state index in [2.05, 4.69) is 31.7 Å². The first-order valence-corrected chi connectivity index (χ1v) is 7.37. The van der Waals surface area contributed by atoms with Gasteiger partial charge in [0.15, 0.2) is 0 Å². The summed E-state index contributed by atoms with van der Waals surface area (Å²) in [5, 5.41) is 8.97. The van der Waals surface area contributed by atoms with E-state index < -0.39 is 5.97 Å². The molecule has 0 aliphatic rings. The number of rotatable bonds is 4. The van der Waals surface area contributed by atoms with E-state index >= 15 is 0 Å². The van der Waals surface area contributed by atoms with Gasteiger partial charge >= 0.3 is 5.97 Å². The zero-order valence-corrected chi connectivity index (χ0v) is 13.6. The fourth-order valence-electron chi connectivity index (χ4n) is 1.81. The van der Waals surface area contributed by atoms with Crippen molar-refractivity contribution in [2.75, 3.05) is 7.11 Å². The van der Waals surface area contributed by atoms with Crippen LogP contribution in [0.3, 0.4) is 0 Å². The highest BCUT2D eigenvalue weighted by Gasteiger charge is 2.12. The average molecular weight is 361 g/mol. The molecule has 1 atom stereocenters. The van der Waals surface area contributed by atoms with Gasteiger partial charge in [-0.25, -0.2) is 9.78 Å². The highest BCUT2D eigenvalue weighted by molar-refractivity contribution is 9.09. The number of hydrogen-bond donors (Lipinski definition) is 0. The Labute approximate surface area is 136 Å². The van der Waals surface area contributed by atoms with Gasteiger partial charge in [0, 0.05) is 22.7 Å². The molecule has 0 radical (unpaired) electrons. The zero-order chi connectivity index (χ0) is 16.1. The van der Waals surface area contributed by atoms with Crippen molar-refractivity contribution in [1.82, 2.24) is 4.98 Å². The van der Waals surface area contributed by atoms with Gasteiger partial charge in [-0.2, -0.15) is 5.26 Å². The van der Waals surface area contributed by atoms with E-state index in [1.807, 2.05) is 6.92 Å². The van der Waals surface area contributed by atoms with Crippen molar-refractivity contribution < 1.29 is 14.3 Å². The third-order valence-electron chi connectivity index (χ3n) is 2.94. The van der Waals surface area contributed by atoms with Crippen molar-refractivity contribution in [1.29, 1.82) is 5.26 Å². The van der Waals surface area contributed by atoms with Crippen molar-refractivity contribution in [3.63, 3.8) is 0 Å². The number of benzene rings is 1. The topological polar surface area (TPSA) is 72.2 Å². The number of pyridine rings is 1. The second-order valence-corrected chi connectivity index (χ2v) is 5.83. The third-order valence-corrected chi connectivity index (χ3v) is 3.43. The molecule has 0 N–H and O–H groups in total. The smallest absolute Gasteiger partial charge is 0.339 e. The Bertz CT molecular complexity index is 721. The van der Waals surface area contributed by atoms with Gasteiger partial charge in [-0.15, -0.1) is 0 Å². The quantitative estimate of drug-likeness (QED) is 0.608. The summed E-state index contributed by atoms with van der Waals surface area (Å²) in [6.07, 6.45) is 1.39. The zero-order valence-electron chi connectivity index (χ0n) is 12.0. The van der Waals surface area contributed by atoms with Gasteiger partial charge in [-0.05, 0) is 31.2 Å². The van der Waals surface area contributed by atoms with E-state index in [1.165, 1.54) is 13.3 Å². The molecule has 1 heterocycles. The molecule has 0 saturated heterocycles. The van der Waals surface area contributed by atoms with Crippen LogP contribution in [0.25, 0.3) is 0 Å². The molecule has 0 spiro atoms. The predicted octanol–water partition coefficient (Wildman–Crippen LogP) is 3.99. The standard InChI is InChI=1S/C16H13BrN2O3/c1-10(17)13-7-11(8-18)3-5-14(13)22-15-6-4-12(9-19-15)16(20)21-2/h3-7,9-10H,1-2H3. The lowest BCUT2D eigenvalue weighted by molar-refractivity contribution is 0.0600. The van der Waals surface area contributed by atoms with Crippen molar-refractivity contribution in [3.05, 3.63) is 53.2 Å². The summed E-state index contributed by atoms with van der Waals surface area (Å²) < 4.78 is 10.3. The molecule has 1 aromatic heterocycles.